The van der Waals surface area contributed by atoms with Crippen molar-refractivity contribution in [2.45, 2.75) is 32.1 Å². The maximum absolute atomic E-state index is 13.5. The Labute approximate surface area is 215 Å². The monoisotopic (exact) mass is 493 g/mol. The van der Waals surface area contributed by atoms with Crippen molar-refractivity contribution in [2.75, 3.05) is 5.32 Å². The minimum Gasteiger partial charge on any atom is -0.326 e. The number of thioether (sulfide) groups is 1. The van der Waals surface area contributed by atoms with E-state index in [9.17, 15) is 9.59 Å². The molecule has 1 N–H and O–H groups in total. The van der Waals surface area contributed by atoms with E-state index < -0.39 is 5.25 Å². The lowest BCUT2D eigenvalue weighted by atomic mass is 10.1. The van der Waals surface area contributed by atoms with E-state index in [4.69, 9.17) is 4.99 Å². The fourth-order valence-electron chi connectivity index (χ4n) is 4.41. The van der Waals surface area contributed by atoms with Crippen LogP contribution in [0.5, 0.6) is 0 Å². The molecule has 180 valence electrons. The molecule has 1 heterocycles. The van der Waals surface area contributed by atoms with Crippen molar-refractivity contribution in [1.29, 1.82) is 0 Å². The number of hydrogen-bond acceptors (Lipinski definition) is 4. The summed E-state index contributed by atoms with van der Waals surface area (Å²) < 4.78 is 0. The molecule has 0 aliphatic carbocycles. The molecule has 1 aliphatic rings. The molecule has 5 rings (SSSR count). The summed E-state index contributed by atoms with van der Waals surface area (Å²) in [5.41, 5.74) is 4.77. The molecular weight excluding hydrogens is 466 g/mol. The lowest BCUT2D eigenvalue weighted by molar-refractivity contribution is -0.128. The maximum atomic E-state index is 13.5. The Bertz CT molecular complexity index is 1450. The highest BCUT2D eigenvalue weighted by Gasteiger charge is 2.39. The third-order valence-electron chi connectivity index (χ3n) is 6.04. The zero-order chi connectivity index (χ0) is 25.1. The van der Waals surface area contributed by atoms with E-state index in [1.165, 1.54) is 11.8 Å². The lowest BCUT2D eigenvalue weighted by Crippen LogP contribution is -2.33. The van der Waals surface area contributed by atoms with Gasteiger partial charge in [0.15, 0.2) is 5.17 Å². The van der Waals surface area contributed by atoms with Crippen molar-refractivity contribution in [3.8, 4) is 0 Å². The predicted octanol–water partition coefficient (Wildman–Crippen LogP) is 6.62. The highest BCUT2D eigenvalue weighted by atomic mass is 32.2. The van der Waals surface area contributed by atoms with Gasteiger partial charge >= 0.3 is 0 Å². The SMILES string of the molecule is Cc1cc(C)cc(N=C2SC(CC(=O)Nc3ccc4ccccc4c3)C(=O)N2Cc2ccccc2)c1. The van der Waals surface area contributed by atoms with Gasteiger partial charge in [-0.2, -0.15) is 0 Å². The number of anilines is 1. The number of fused-ring (bicyclic) bond motifs is 1. The summed E-state index contributed by atoms with van der Waals surface area (Å²) in [4.78, 5) is 32.9. The van der Waals surface area contributed by atoms with Crippen LogP contribution in [0.2, 0.25) is 0 Å². The first-order valence-electron chi connectivity index (χ1n) is 11.9. The molecule has 0 bridgehead atoms. The van der Waals surface area contributed by atoms with Crippen LogP contribution in [0, 0.1) is 13.8 Å². The molecule has 1 atom stereocenters. The molecule has 1 aliphatic heterocycles. The minimum absolute atomic E-state index is 0.0769. The Morgan fingerprint density at radius 1 is 0.889 bits per heavy atom. The fraction of sp³-hybridized carbons (Fsp3) is 0.167. The average Bonchev–Trinajstić information content (AvgIpc) is 3.12. The summed E-state index contributed by atoms with van der Waals surface area (Å²) in [5.74, 6) is -0.288. The van der Waals surface area contributed by atoms with Crippen molar-refractivity contribution < 1.29 is 9.59 Å². The van der Waals surface area contributed by atoms with Crippen LogP contribution in [0.15, 0.2) is 96.0 Å². The van der Waals surface area contributed by atoms with Gasteiger partial charge in [0.05, 0.1) is 12.2 Å². The van der Waals surface area contributed by atoms with Gasteiger partial charge in [0.1, 0.15) is 5.25 Å². The summed E-state index contributed by atoms with van der Waals surface area (Å²) in [6.07, 6.45) is 0.0769. The number of aryl methyl sites for hydroxylation is 2. The fourth-order valence-corrected chi connectivity index (χ4v) is 5.57. The molecule has 0 aromatic heterocycles. The molecule has 0 saturated carbocycles. The van der Waals surface area contributed by atoms with Gasteiger partial charge in [0.2, 0.25) is 11.8 Å². The second kappa shape index (κ2) is 10.4. The molecule has 36 heavy (non-hydrogen) atoms. The second-order valence-corrected chi connectivity index (χ2v) is 10.2. The Morgan fingerprint density at radius 3 is 2.33 bits per heavy atom. The molecule has 1 saturated heterocycles. The van der Waals surface area contributed by atoms with Gasteiger partial charge in [0, 0.05) is 12.1 Å². The van der Waals surface area contributed by atoms with Crippen LogP contribution in [0.3, 0.4) is 0 Å². The Hall–Kier alpha value is -3.90. The summed E-state index contributed by atoms with van der Waals surface area (Å²) in [7, 11) is 0. The van der Waals surface area contributed by atoms with E-state index >= 15 is 0 Å². The third-order valence-corrected chi connectivity index (χ3v) is 7.21. The van der Waals surface area contributed by atoms with E-state index in [0.29, 0.717) is 11.7 Å². The molecule has 4 aromatic rings. The van der Waals surface area contributed by atoms with Gasteiger partial charge < -0.3 is 5.32 Å². The standard InChI is InChI=1S/C30H27N3O2S/c1-20-14-21(2)16-26(15-20)32-30-33(19-22-8-4-3-5-9-22)29(35)27(36-30)18-28(34)31-25-13-12-23-10-6-7-11-24(23)17-25/h3-17,27H,18-19H2,1-2H3,(H,31,34). The zero-order valence-corrected chi connectivity index (χ0v) is 21.1. The van der Waals surface area contributed by atoms with Crippen molar-refractivity contribution in [1.82, 2.24) is 4.90 Å². The lowest BCUT2D eigenvalue weighted by Gasteiger charge is -2.17. The van der Waals surface area contributed by atoms with E-state index in [1.54, 1.807) is 4.90 Å². The van der Waals surface area contributed by atoms with Crippen LogP contribution in [0.4, 0.5) is 11.4 Å². The summed E-state index contributed by atoms with van der Waals surface area (Å²) in [5, 5.41) is 5.22. The van der Waals surface area contributed by atoms with Gasteiger partial charge in [-0.15, -0.1) is 0 Å². The first-order chi connectivity index (χ1) is 17.4. The van der Waals surface area contributed by atoms with Gasteiger partial charge in [-0.1, -0.05) is 78.5 Å². The van der Waals surface area contributed by atoms with Crippen LogP contribution < -0.4 is 5.32 Å². The van der Waals surface area contributed by atoms with E-state index in [1.807, 2.05) is 98.8 Å². The number of nitrogens with zero attached hydrogens (tertiary/aromatic N) is 2. The van der Waals surface area contributed by atoms with E-state index in [2.05, 4.69) is 11.4 Å². The molecule has 5 nitrogen and oxygen atoms in total. The second-order valence-electron chi connectivity index (χ2n) is 9.07. The van der Waals surface area contributed by atoms with Crippen LogP contribution in [0.1, 0.15) is 23.1 Å². The minimum atomic E-state index is -0.529. The maximum Gasteiger partial charge on any atom is 0.242 e. The van der Waals surface area contributed by atoms with Gasteiger partial charge in [0.25, 0.3) is 0 Å². The number of hydrogen-bond donors (Lipinski definition) is 1. The normalized spacial score (nSPS) is 16.6. The average molecular weight is 494 g/mol. The largest absolute Gasteiger partial charge is 0.326 e. The van der Waals surface area contributed by atoms with Crippen LogP contribution >= 0.6 is 11.8 Å². The van der Waals surface area contributed by atoms with Gasteiger partial charge in [-0.25, -0.2) is 4.99 Å². The topological polar surface area (TPSA) is 61.8 Å². The number of nitrogens with one attached hydrogen (secondary N) is 1. The third kappa shape index (κ3) is 5.50. The van der Waals surface area contributed by atoms with Crippen LogP contribution in [-0.2, 0) is 16.1 Å². The number of carbonyl (C=O) groups excluding carboxylic acids is 2. The van der Waals surface area contributed by atoms with E-state index in [-0.39, 0.29) is 18.2 Å². The zero-order valence-electron chi connectivity index (χ0n) is 20.3. The van der Waals surface area contributed by atoms with Crippen molar-refractivity contribution in [2.24, 2.45) is 4.99 Å². The molecule has 1 unspecified atom stereocenters. The van der Waals surface area contributed by atoms with Crippen molar-refractivity contribution in [3.63, 3.8) is 0 Å². The van der Waals surface area contributed by atoms with Gasteiger partial charge in [-0.05, 0) is 65.6 Å². The first-order valence-corrected chi connectivity index (χ1v) is 12.8. The quantitative estimate of drug-likeness (QED) is 0.328. The highest BCUT2D eigenvalue weighted by Crippen LogP contribution is 2.33. The van der Waals surface area contributed by atoms with Crippen LogP contribution in [0.25, 0.3) is 10.8 Å². The number of aliphatic imine (C=N–C) groups is 1. The molecule has 1 fully saturated rings. The van der Waals surface area contributed by atoms with Crippen LogP contribution in [-0.4, -0.2) is 27.1 Å². The summed E-state index contributed by atoms with van der Waals surface area (Å²) in [6, 6.07) is 29.8. The molecule has 0 spiro atoms. The molecular formula is C30H27N3O2S. The summed E-state index contributed by atoms with van der Waals surface area (Å²) in [6.45, 7) is 4.48. The number of amides is 2. The number of carbonyl (C=O) groups is 2. The molecule has 6 heteroatoms. The van der Waals surface area contributed by atoms with Crippen molar-refractivity contribution in [3.05, 3.63) is 108 Å². The molecule has 0 radical (unpaired) electrons. The Kier molecular flexibility index (Phi) is 6.87. The molecule has 4 aromatic carbocycles. The number of amidine groups is 1. The van der Waals surface area contributed by atoms with Crippen molar-refractivity contribution >= 4 is 50.9 Å². The highest BCUT2D eigenvalue weighted by molar-refractivity contribution is 8.15. The number of rotatable bonds is 6. The first kappa shape index (κ1) is 23.8. The predicted molar refractivity (Wildman–Crippen MR) is 149 cm³/mol. The van der Waals surface area contributed by atoms with Gasteiger partial charge in [-0.3, -0.25) is 14.5 Å². The smallest absolute Gasteiger partial charge is 0.242 e. The van der Waals surface area contributed by atoms with E-state index in [0.717, 1.165) is 38.8 Å². The number of benzene rings is 4. The molecule has 2 amide bonds. The summed E-state index contributed by atoms with van der Waals surface area (Å²) >= 11 is 1.36. The Morgan fingerprint density at radius 2 is 1.58 bits per heavy atom. The Balaban J connectivity index is 1.36.